The molecule has 0 bridgehead atoms. The molecule has 2 aromatic rings. The highest BCUT2D eigenvalue weighted by molar-refractivity contribution is 5.43. The van der Waals surface area contributed by atoms with Crippen LogP contribution in [0.4, 0.5) is 5.69 Å². The van der Waals surface area contributed by atoms with Gasteiger partial charge >= 0.3 is 0 Å². The van der Waals surface area contributed by atoms with Gasteiger partial charge in [-0.25, -0.2) is 0 Å². The molecule has 3 heteroatoms. The van der Waals surface area contributed by atoms with Crippen LogP contribution in [0.2, 0.25) is 0 Å². The Labute approximate surface area is 127 Å². The Morgan fingerprint density at radius 1 is 1.00 bits per heavy atom. The number of aromatic nitrogens is 1. The van der Waals surface area contributed by atoms with Crippen LogP contribution in [0.25, 0.3) is 0 Å². The summed E-state index contributed by atoms with van der Waals surface area (Å²) in [5.74, 6) is 0. The molecular weight excluding hydrogens is 258 g/mol. The minimum atomic E-state index is 0.610. The molecule has 1 aliphatic rings. The predicted molar refractivity (Wildman–Crippen MR) is 87.5 cm³/mol. The fraction of sp³-hybridized carbons (Fsp3) is 0.389. The Bertz CT molecular complexity index is 519. The van der Waals surface area contributed by atoms with Crippen molar-refractivity contribution in [1.29, 1.82) is 0 Å². The van der Waals surface area contributed by atoms with Gasteiger partial charge in [0.05, 0.1) is 0 Å². The summed E-state index contributed by atoms with van der Waals surface area (Å²) in [6.07, 6.45) is 5.37. The Morgan fingerprint density at radius 3 is 2.48 bits per heavy atom. The summed E-state index contributed by atoms with van der Waals surface area (Å²) in [6, 6.07) is 17.3. The molecule has 21 heavy (non-hydrogen) atoms. The second kappa shape index (κ2) is 7.23. The van der Waals surface area contributed by atoms with Crippen LogP contribution < -0.4 is 5.32 Å². The first kappa shape index (κ1) is 14.1. The molecule has 0 radical (unpaired) electrons. The largest absolute Gasteiger partial charge is 0.382 e. The summed E-state index contributed by atoms with van der Waals surface area (Å²) in [5, 5.41) is 3.64. The first-order valence-corrected chi connectivity index (χ1v) is 7.84. The molecule has 1 aliphatic heterocycles. The molecule has 0 amide bonds. The predicted octanol–water partition coefficient (Wildman–Crippen LogP) is 3.20. The third-order valence-electron chi connectivity index (χ3n) is 4.14. The van der Waals surface area contributed by atoms with Gasteiger partial charge in [0, 0.05) is 49.7 Å². The molecule has 2 heterocycles. The maximum atomic E-state index is 4.39. The second-order valence-corrected chi connectivity index (χ2v) is 5.70. The summed E-state index contributed by atoms with van der Waals surface area (Å²) in [4.78, 5) is 6.95. The summed E-state index contributed by atoms with van der Waals surface area (Å²) >= 11 is 0. The molecule has 0 atom stereocenters. The van der Waals surface area contributed by atoms with Crippen molar-refractivity contribution in [1.82, 2.24) is 9.88 Å². The van der Waals surface area contributed by atoms with E-state index in [1.165, 1.54) is 37.3 Å². The van der Waals surface area contributed by atoms with Crippen molar-refractivity contribution >= 4 is 5.69 Å². The van der Waals surface area contributed by atoms with E-state index < -0.39 is 0 Å². The lowest BCUT2D eigenvalue weighted by molar-refractivity contribution is 0.221. The van der Waals surface area contributed by atoms with Crippen LogP contribution >= 0.6 is 0 Å². The zero-order valence-corrected chi connectivity index (χ0v) is 12.4. The van der Waals surface area contributed by atoms with Gasteiger partial charge in [0.15, 0.2) is 0 Å². The SMILES string of the molecule is c1ccc(NC2CCN(CCc3ccccn3)CC2)cc1. The number of rotatable bonds is 5. The monoisotopic (exact) mass is 281 g/mol. The number of hydrogen-bond acceptors (Lipinski definition) is 3. The molecule has 1 aromatic heterocycles. The number of hydrogen-bond donors (Lipinski definition) is 1. The van der Waals surface area contributed by atoms with Crippen LogP contribution in [0.3, 0.4) is 0 Å². The van der Waals surface area contributed by atoms with Crippen LogP contribution in [-0.4, -0.2) is 35.6 Å². The Hall–Kier alpha value is -1.87. The zero-order valence-electron chi connectivity index (χ0n) is 12.4. The van der Waals surface area contributed by atoms with Gasteiger partial charge in [0.1, 0.15) is 0 Å². The number of nitrogens with one attached hydrogen (secondary N) is 1. The minimum absolute atomic E-state index is 0.610. The van der Waals surface area contributed by atoms with Crippen LogP contribution in [0, 0.1) is 0 Å². The van der Waals surface area contributed by atoms with Crippen molar-refractivity contribution in [2.75, 3.05) is 25.0 Å². The maximum Gasteiger partial charge on any atom is 0.0416 e. The van der Waals surface area contributed by atoms with E-state index in [4.69, 9.17) is 0 Å². The molecule has 3 nitrogen and oxygen atoms in total. The maximum absolute atomic E-state index is 4.39. The third-order valence-corrected chi connectivity index (χ3v) is 4.14. The summed E-state index contributed by atoms with van der Waals surface area (Å²) < 4.78 is 0. The van der Waals surface area contributed by atoms with Crippen LogP contribution in [0.5, 0.6) is 0 Å². The van der Waals surface area contributed by atoms with E-state index in [1.54, 1.807) is 0 Å². The van der Waals surface area contributed by atoms with E-state index in [1.807, 2.05) is 12.3 Å². The second-order valence-electron chi connectivity index (χ2n) is 5.70. The smallest absolute Gasteiger partial charge is 0.0416 e. The van der Waals surface area contributed by atoms with Crippen molar-refractivity contribution in [2.24, 2.45) is 0 Å². The average Bonchev–Trinajstić information content (AvgIpc) is 2.56. The van der Waals surface area contributed by atoms with Crippen LogP contribution in [-0.2, 0) is 6.42 Å². The number of anilines is 1. The average molecular weight is 281 g/mol. The molecule has 0 spiro atoms. The first-order chi connectivity index (χ1) is 10.4. The molecule has 1 aromatic carbocycles. The molecule has 1 fully saturated rings. The zero-order chi connectivity index (χ0) is 14.3. The van der Waals surface area contributed by atoms with Crippen LogP contribution in [0.15, 0.2) is 54.7 Å². The Morgan fingerprint density at radius 2 is 1.76 bits per heavy atom. The number of para-hydroxylation sites is 1. The number of pyridine rings is 1. The highest BCUT2D eigenvalue weighted by atomic mass is 15.1. The molecule has 0 saturated carbocycles. The first-order valence-electron chi connectivity index (χ1n) is 7.84. The van der Waals surface area contributed by atoms with E-state index in [9.17, 15) is 0 Å². The number of nitrogens with zero attached hydrogens (tertiary/aromatic N) is 2. The van der Waals surface area contributed by atoms with E-state index in [0.717, 1.165) is 13.0 Å². The van der Waals surface area contributed by atoms with Gasteiger partial charge in [0.2, 0.25) is 0 Å². The van der Waals surface area contributed by atoms with E-state index in [-0.39, 0.29) is 0 Å². The minimum Gasteiger partial charge on any atom is -0.382 e. The highest BCUT2D eigenvalue weighted by Gasteiger charge is 2.18. The Kier molecular flexibility index (Phi) is 4.85. The van der Waals surface area contributed by atoms with Crippen LogP contribution in [0.1, 0.15) is 18.5 Å². The molecule has 1 N–H and O–H groups in total. The topological polar surface area (TPSA) is 28.2 Å². The lowest BCUT2D eigenvalue weighted by Gasteiger charge is -2.32. The van der Waals surface area contributed by atoms with Gasteiger partial charge in [-0.3, -0.25) is 4.98 Å². The summed E-state index contributed by atoms with van der Waals surface area (Å²) in [6.45, 7) is 3.48. The quantitative estimate of drug-likeness (QED) is 0.912. The van der Waals surface area contributed by atoms with Gasteiger partial charge in [-0.15, -0.1) is 0 Å². The van der Waals surface area contributed by atoms with Crippen molar-refractivity contribution < 1.29 is 0 Å². The van der Waals surface area contributed by atoms with Crippen molar-refractivity contribution in [2.45, 2.75) is 25.3 Å². The van der Waals surface area contributed by atoms with E-state index in [2.05, 4.69) is 57.7 Å². The molecule has 3 rings (SSSR count). The fourth-order valence-electron chi connectivity index (χ4n) is 2.89. The van der Waals surface area contributed by atoms with Crippen molar-refractivity contribution in [3.8, 4) is 0 Å². The highest BCUT2D eigenvalue weighted by Crippen LogP contribution is 2.16. The number of piperidine rings is 1. The lowest BCUT2D eigenvalue weighted by atomic mass is 10.0. The normalized spacial score (nSPS) is 16.8. The standard InChI is InChI=1S/C18H23N3/c1-2-7-17(8-3-1)20-18-10-14-21(15-11-18)13-9-16-6-4-5-12-19-16/h1-8,12,18,20H,9-11,13-15H2. The van der Waals surface area contributed by atoms with Gasteiger partial charge < -0.3 is 10.2 Å². The van der Waals surface area contributed by atoms with E-state index >= 15 is 0 Å². The van der Waals surface area contributed by atoms with Gasteiger partial charge in [-0.2, -0.15) is 0 Å². The summed E-state index contributed by atoms with van der Waals surface area (Å²) in [5.41, 5.74) is 2.44. The molecule has 0 unspecified atom stereocenters. The molecule has 1 saturated heterocycles. The number of benzene rings is 1. The molecular formula is C18H23N3. The van der Waals surface area contributed by atoms with Crippen molar-refractivity contribution in [3.63, 3.8) is 0 Å². The molecule has 0 aliphatic carbocycles. The van der Waals surface area contributed by atoms with Gasteiger partial charge in [-0.05, 0) is 37.1 Å². The fourth-order valence-corrected chi connectivity index (χ4v) is 2.89. The van der Waals surface area contributed by atoms with Gasteiger partial charge in [-0.1, -0.05) is 24.3 Å². The lowest BCUT2D eigenvalue weighted by Crippen LogP contribution is -2.40. The number of likely N-dealkylation sites (tertiary alicyclic amines) is 1. The van der Waals surface area contributed by atoms with E-state index in [0.29, 0.717) is 6.04 Å². The molecule has 110 valence electrons. The Balaban J connectivity index is 1.41. The van der Waals surface area contributed by atoms with Gasteiger partial charge in [0.25, 0.3) is 0 Å². The van der Waals surface area contributed by atoms with Crippen molar-refractivity contribution in [3.05, 3.63) is 60.4 Å². The third kappa shape index (κ3) is 4.30. The summed E-state index contributed by atoms with van der Waals surface area (Å²) in [7, 11) is 0.